The monoisotopic (exact) mass is 521 g/mol. The molecule has 0 saturated carbocycles. The molecule has 0 aliphatic carbocycles. The molecule has 0 fully saturated rings. The van der Waals surface area contributed by atoms with Gasteiger partial charge in [-0.2, -0.15) is 0 Å². The molecule has 3 N–H and O–H groups in total. The van der Waals surface area contributed by atoms with E-state index in [1.165, 1.54) is 42.1 Å². The van der Waals surface area contributed by atoms with Gasteiger partial charge in [0.25, 0.3) is 5.91 Å². The molecule has 2 aromatic carbocycles. The van der Waals surface area contributed by atoms with Crippen LogP contribution in [0.5, 0.6) is 0 Å². The standard InChI is InChI=1S/C22H21Cl2N5O4S/c1-3-29-19(12(2)25-20(31)14-6-9-16(23)17(24)10-14)27-28-22(29)34-11-18(30)26-15-7-4-13(5-8-15)21(32)33/h4-10,12H,3,11H2,1-2H3,(H,25,31)(H,26,30)(H,32,33)/t12-/m1/s1. The number of thioether (sulfide) groups is 1. The largest absolute Gasteiger partial charge is 0.478 e. The van der Waals surface area contributed by atoms with E-state index >= 15 is 0 Å². The Morgan fingerprint density at radius 2 is 1.74 bits per heavy atom. The zero-order valence-electron chi connectivity index (χ0n) is 18.2. The first-order valence-corrected chi connectivity index (χ1v) is 11.9. The molecule has 34 heavy (non-hydrogen) atoms. The molecule has 0 saturated heterocycles. The predicted octanol–water partition coefficient (Wildman–Crippen LogP) is 4.52. The van der Waals surface area contributed by atoms with Gasteiger partial charge in [-0.3, -0.25) is 9.59 Å². The Balaban J connectivity index is 1.61. The normalized spacial score (nSPS) is 11.6. The zero-order chi connectivity index (χ0) is 24.8. The van der Waals surface area contributed by atoms with Crippen molar-refractivity contribution < 1.29 is 19.5 Å². The van der Waals surface area contributed by atoms with Gasteiger partial charge in [-0.05, 0) is 56.3 Å². The average Bonchev–Trinajstić information content (AvgIpc) is 3.23. The van der Waals surface area contributed by atoms with Crippen LogP contribution in [-0.4, -0.2) is 43.4 Å². The fourth-order valence-corrected chi connectivity index (χ4v) is 4.14. The Labute approximate surface area is 209 Å². The van der Waals surface area contributed by atoms with Crippen molar-refractivity contribution in [1.82, 2.24) is 20.1 Å². The number of aromatic nitrogens is 3. The first kappa shape index (κ1) is 25.5. The van der Waals surface area contributed by atoms with Crippen LogP contribution in [-0.2, 0) is 11.3 Å². The quantitative estimate of drug-likeness (QED) is 0.353. The topological polar surface area (TPSA) is 126 Å². The summed E-state index contributed by atoms with van der Waals surface area (Å²) in [5, 5.41) is 24.1. The van der Waals surface area contributed by atoms with Gasteiger partial charge >= 0.3 is 5.97 Å². The molecule has 0 spiro atoms. The lowest BCUT2D eigenvalue weighted by Crippen LogP contribution is -2.28. The minimum absolute atomic E-state index is 0.0723. The van der Waals surface area contributed by atoms with E-state index in [1.807, 2.05) is 11.5 Å². The number of hydrogen-bond acceptors (Lipinski definition) is 6. The van der Waals surface area contributed by atoms with Crippen molar-refractivity contribution >= 4 is 58.4 Å². The molecule has 3 rings (SSSR count). The maximum absolute atomic E-state index is 12.6. The number of nitrogens with zero attached hydrogens (tertiary/aromatic N) is 3. The van der Waals surface area contributed by atoms with E-state index in [2.05, 4.69) is 20.8 Å². The number of carboxylic acid groups (broad SMARTS) is 1. The van der Waals surface area contributed by atoms with Crippen molar-refractivity contribution in [1.29, 1.82) is 0 Å². The SMILES string of the molecule is CCn1c(SCC(=O)Nc2ccc(C(=O)O)cc2)nnc1[C@@H](C)NC(=O)c1ccc(Cl)c(Cl)c1. The number of hydrogen-bond donors (Lipinski definition) is 3. The molecule has 9 nitrogen and oxygen atoms in total. The van der Waals surface area contributed by atoms with Gasteiger partial charge in [-0.15, -0.1) is 10.2 Å². The summed E-state index contributed by atoms with van der Waals surface area (Å²) in [5.41, 5.74) is 0.995. The van der Waals surface area contributed by atoms with E-state index in [0.29, 0.717) is 33.8 Å². The Morgan fingerprint density at radius 1 is 1.06 bits per heavy atom. The summed E-state index contributed by atoms with van der Waals surface area (Å²) in [7, 11) is 0. The second-order valence-corrected chi connectivity index (χ2v) is 8.89. The second-order valence-electron chi connectivity index (χ2n) is 7.13. The van der Waals surface area contributed by atoms with Gasteiger partial charge in [0.15, 0.2) is 11.0 Å². The summed E-state index contributed by atoms with van der Waals surface area (Å²) in [6.45, 7) is 4.23. The predicted molar refractivity (Wildman–Crippen MR) is 131 cm³/mol. The zero-order valence-corrected chi connectivity index (χ0v) is 20.5. The molecule has 12 heteroatoms. The Hall–Kier alpha value is -3.08. The minimum Gasteiger partial charge on any atom is -0.478 e. The summed E-state index contributed by atoms with van der Waals surface area (Å²) in [5.74, 6) is -1.03. The van der Waals surface area contributed by atoms with E-state index < -0.39 is 12.0 Å². The number of aromatic carboxylic acids is 1. The van der Waals surface area contributed by atoms with Crippen LogP contribution in [0.1, 0.15) is 46.4 Å². The molecule has 0 radical (unpaired) electrons. The minimum atomic E-state index is -1.04. The molecule has 1 atom stereocenters. The summed E-state index contributed by atoms with van der Waals surface area (Å²) >= 11 is 13.1. The number of carbonyl (C=O) groups excluding carboxylic acids is 2. The van der Waals surface area contributed by atoms with Crippen LogP contribution in [0.4, 0.5) is 5.69 Å². The number of nitrogens with one attached hydrogen (secondary N) is 2. The summed E-state index contributed by atoms with van der Waals surface area (Å²) in [6, 6.07) is 10.1. The molecule has 3 aromatic rings. The number of benzene rings is 2. The Bertz CT molecular complexity index is 1220. The van der Waals surface area contributed by atoms with E-state index in [-0.39, 0.29) is 28.2 Å². The lowest BCUT2D eigenvalue weighted by molar-refractivity contribution is -0.113. The molecule has 1 aromatic heterocycles. The Kier molecular flexibility index (Phi) is 8.54. The van der Waals surface area contributed by atoms with Crippen molar-refractivity contribution in [2.45, 2.75) is 31.6 Å². The van der Waals surface area contributed by atoms with Gasteiger partial charge < -0.3 is 20.3 Å². The van der Waals surface area contributed by atoms with Crippen LogP contribution < -0.4 is 10.6 Å². The number of carboxylic acids is 1. The lowest BCUT2D eigenvalue weighted by Gasteiger charge is -2.15. The van der Waals surface area contributed by atoms with Crippen molar-refractivity contribution in [3.63, 3.8) is 0 Å². The van der Waals surface area contributed by atoms with Crippen LogP contribution in [0.25, 0.3) is 0 Å². The first-order valence-electron chi connectivity index (χ1n) is 10.1. The highest BCUT2D eigenvalue weighted by molar-refractivity contribution is 7.99. The highest BCUT2D eigenvalue weighted by atomic mass is 35.5. The average molecular weight is 522 g/mol. The highest BCUT2D eigenvalue weighted by Crippen LogP contribution is 2.24. The van der Waals surface area contributed by atoms with Gasteiger partial charge in [-0.1, -0.05) is 35.0 Å². The molecule has 0 bridgehead atoms. The van der Waals surface area contributed by atoms with Crippen molar-refractivity contribution in [2.75, 3.05) is 11.1 Å². The molecule has 1 heterocycles. The lowest BCUT2D eigenvalue weighted by atomic mass is 10.2. The summed E-state index contributed by atoms with van der Waals surface area (Å²) in [6.07, 6.45) is 0. The fraction of sp³-hybridized carbons (Fsp3) is 0.227. The van der Waals surface area contributed by atoms with Gasteiger partial charge in [0.05, 0.1) is 27.4 Å². The van der Waals surface area contributed by atoms with Crippen LogP contribution in [0.2, 0.25) is 10.0 Å². The maximum Gasteiger partial charge on any atom is 0.335 e. The number of anilines is 1. The molecule has 178 valence electrons. The van der Waals surface area contributed by atoms with Crippen molar-refractivity contribution in [3.8, 4) is 0 Å². The van der Waals surface area contributed by atoms with E-state index in [4.69, 9.17) is 28.3 Å². The van der Waals surface area contributed by atoms with Crippen LogP contribution >= 0.6 is 35.0 Å². The smallest absolute Gasteiger partial charge is 0.335 e. The van der Waals surface area contributed by atoms with E-state index in [0.717, 1.165) is 0 Å². The van der Waals surface area contributed by atoms with Crippen LogP contribution in [0.15, 0.2) is 47.6 Å². The van der Waals surface area contributed by atoms with Crippen LogP contribution in [0.3, 0.4) is 0 Å². The molecular formula is C22H21Cl2N5O4S. The number of rotatable bonds is 9. The van der Waals surface area contributed by atoms with Crippen molar-refractivity contribution in [2.24, 2.45) is 0 Å². The maximum atomic E-state index is 12.6. The summed E-state index contributed by atoms with van der Waals surface area (Å²) in [4.78, 5) is 35.8. The van der Waals surface area contributed by atoms with Gasteiger partial charge in [0, 0.05) is 17.8 Å². The van der Waals surface area contributed by atoms with Gasteiger partial charge in [0.1, 0.15) is 0 Å². The third-order valence-electron chi connectivity index (χ3n) is 4.73. The molecule has 2 amide bonds. The fourth-order valence-electron chi connectivity index (χ4n) is 3.03. The summed E-state index contributed by atoms with van der Waals surface area (Å²) < 4.78 is 1.82. The number of carbonyl (C=O) groups is 3. The van der Waals surface area contributed by atoms with Gasteiger partial charge in [-0.25, -0.2) is 4.79 Å². The molecule has 0 unspecified atom stereocenters. The Morgan fingerprint density at radius 3 is 2.35 bits per heavy atom. The third kappa shape index (κ3) is 6.28. The second kappa shape index (κ2) is 11.4. The molecule has 0 aliphatic heterocycles. The van der Waals surface area contributed by atoms with Crippen LogP contribution in [0, 0.1) is 0 Å². The van der Waals surface area contributed by atoms with Gasteiger partial charge in [0.2, 0.25) is 5.91 Å². The highest BCUT2D eigenvalue weighted by Gasteiger charge is 2.20. The number of halogens is 2. The third-order valence-corrected chi connectivity index (χ3v) is 6.43. The van der Waals surface area contributed by atoms with E-state index in [1.54, 1.807) is 19.1 Å². The first-order chi connectivity index (χ1) is 16.2. The van der Waals surface area contributed by atoms with E-state index in [9.17, 15) is 14.4 Å². The number of amides is 2. The van der Waals surface area contributed by atoms with Crippen molar-refractivity contribution in [3.05, 3.63) is 69.5 Å². The molecular weight excluding hydrogens is 501 g/mol. The molecule has 0 aliphatic rings.